The third kappa shape index (κ3) is 6.71. The molecule has 1 atom stereocenters. The van der Waals surface area contributed by atoms with Gasteiger partial charge in [-0.25, -0.2) is 0 Å². The van der Waals surface area contributed by atoms with E-state index in [-0.39, 0.29) is 16.9 Å². The average molecular weight is 397 g/mol. The van der Waals surface area contributed by atoms with Gasteiger partial charge in [0.05, 0.1) is 0 Å². The molecule has 0 heterocycles. The Morgan fingerprint density at radius 3 is 2.30 bits per heavy atom. The third-order valence-electron chi connectivity index (χ3n) is 3.06. The summed E-state index contributed by atoms with van der Waals surface area (Å²) in [6.45, 7) is 7.43. The van der Waals surface area contributed by atoms with E-state index in [1.54, 1.807) is 13.8 Å². The minimum absolute atomic E-state index is 0.243. The molecule has 1 aromatic rings. The predicted octanol–water partition coefficient (Wildman–Crippen LogP) is 4.06. The number of carbonyl (C=O) groups is 1. The van der Waals surface area contributed by atoms with Crippen LogP contribution < -0.4 is 16.0 Å². The van der Waals surface area contributed by atoms with E-state index < -0.39 is 9.96 Å². The Kier molecular flexibility index (Phi) is 7.39. The van der Waals surface area contributed by atoms with Crippen LogP contribution in [-0.2, 0) is 4.79 Å². The van der Waals surface area contributed by atoms with Crippen LogP contribution in [0.2, 0.25) is 0 Å². The molecule has 0 saturated carbocycles. The molecule has 1 amide bonds. The van der Waals surface area contributed by atoms with Crippen molar-refractivity contribution in [3.05, 3.63) is 29.3 Å². The van der Waals surface area contributed by atoms with Crippen molar-refractivity contribution in [1.82, 2.24) is 10.6 Å². The number of hydrogen-bond donors (Lipinski definition) is 3. The molecule has 128 valence electrons. The van der Waals surface area contributed by atoms with Gasteiger partial charge in [-0.1, -0.05) is 60.8 Å². The van der Waals surface area contributed by atoms with E-state index in [0.717, 1.165) is 16.8 Å². The molecule has 23 heavy (non-hydrogen) atoms. The van der Waals surface area contributed by atoms with Crippen molar-refractivity contribution in [2.45, 2.75) is 37.7 Å². The largest absolute Gasteiger partial charge is 0.339 e. The highest BCUT2D eigenvalue weighted by molar-refractivity contribution is 7.80. The number of hydrogen-bond acceptors (Lipinski definition) is 2. The molecule has 0 spiro atoms. The maximum Gasteiger partial charge on any atom is 0.228 e. The normalized spacial score (nSPS) is 12.7. The van der Waals surface area contributed by atoms with Gasteiger partial charge < -0.3 is 16.0 Å². The highest BCUT2D eigenvalue weighted by Gasteiger charge is 2.35. The minimum Gasteiger partial charge on any atom is -0.339 e. The first-order valence-corrected chi connectivity index (χ1v) is 8.56. The van der Waals surface area contributed by atoms with E-state index in [2.05, 4.69) is 16.0 Å². The SMILES string of the molecule is Cc1ccc(C)c(NC(=S)N[C@H](NC(=O)C(C)C)C(Cl)(Cl)Cl)c1. The molecular weight excluding hydrogens is 377 g/mol. The van der Waals surface area contributed by atoms with Gasteiger partial charge in [-0.3, -0.25) is 4.79 Å². The van der Waals surface area contributed by atoms with Crippen molar-refractivity contribution in [2.75, 3.05) is 5.32 Å². The fourth-order valence-corrected chi connectivity index (χ4v) is 2.22. The fourth-order valence-electron chi connectivity index (χ4n) is 1.67. The van der Waals surface area contributed by atoms with Crippen molar-refractivity contribution in [3.63, 3.8) is 0 Å². The minimum atomic E-state index is -1.75. The number of alkyl halides is 3. The Bertz CT molecular complexity index is 588. The molecule has 0 unspecified atom stereocenters. The number of benzene rings is 1. The van der Waals surface area contributed by atoms with Gasteiger partial charge in [-0.05, 0) is 43.3 Å². The third-order valence-corrected chi connectivity index (χ3v) is 3.93. The number of amides is 1. The number of thiocarbonyl (C=S) groups is 1. The first-order valence-electron chi connectivity index (χ1n) is 7.02. The lowest BCUT2D eigenvalue weighted by Gasteiger charge is -2.28. The van der Waals surface area contributed by atoms with Crippen molar-refractivity contribution in [1.29, 1.82) is 0 Å². The van der Waals surface area contributed by atoms with Gasteiger partial charge in [0.1, 0.15) is 6.17 Å². The molecule has 0 aliphatic heterocycles. The van der Waals surface area contributed by atoms with Crippen molar-refractivity contribution in [2.24, 2.45) is 5.92 Å². The Hall–Kier alpha value is -0.750. The number of aryl methyl sites for hydroxylation is 2. The second-order valence-corrected chi connectivity index (χ2v) is 8.33. The van der Waals surface area contributed by atoms with Crippen LogP contribution in [0.25, 0.3) is 0 Å². The Labute approximate surface area is 157 Å². The summed E-state index contributed by atoms with van der Waals surface area (Å²) >= 11 is 23.0. The first kappa shape index (κ1) is 20.3. The summed E-state index contributed by atoms with van der Waals surface area (Å²) in [7, 11) is 0. The van der Waals surface area contributed by atoms with E-state index in [1.807, 2.05) is 32.0 Å². The van der Waals surface area contributed by atoms with Crippen molar-refractivity contribution < 1.29 is 4.79 Å². The second-order valence-electron chi connectivity index (χ2n) is 5.55. The van der Waals surface area contributed by atoms with Crippen LogP contribution in [0.5, 0.6) is 0 Å². The molecule has 0 aliphatic carbocycles. The van der Waals surface area contributed by atoms with Gasteiger partial charge in [0.2, 0.25) is 9.70 Å². The molecule has 0 bridgehead atoms. The van der Waals surface area contributed by atoms with Gasteiger partial charge in [-0.2, -0.15) is 0 Å². The predicted molar refractivity (Wildman–Crippen MR) is 102 cm³/mol. The zero-order chi connectivity index (χ0) is 17.8. The molecule has 4 nitrogen and oxygen atoms in total. The van der Waals surface area contributed by atoms with Crippen LogP contribution >= 0.6 is 47.0 Å². The highest BCUT2D eigenvalue weighted by atomic mass is 35.6. The lowest BCUT2D eigenvalue weighted by molar-refractivity contribution is -0.124. The molecule has 3 N–H and O–H groups in total. The van der Waals surface area contributed by atoms with Gasteiger partial charge in [0.25, 0.3) is 0 Å². The summed E-state index contributed by atoms with van der Waals surface area (Å²) in [5.74, 6) is -0.490. The van der Waals surface area contributed by atoms with E-state index in [9.17, 15) is 4.79 Å². The second kappa shape index (κ2) is 8.38. The molecule has 0 aliphatic rings. The number of nitrogens with one attached hydrogen (secondary N) is 3. The van der Waals surface area contributed by atoms with Gasteiger partial charge >= 0.3 is 0 Å². The smallest absolute Gasteiger partial charge is 0.228 e. The highest BCUT2D eigenvalue weighted by Crippen LogP contribution is 2.29. The topological polar surface area (TPSA) is 53.2 Å². The van der Waals surface area contributed by atoms with Crippen LogP contribution in [0.15, 0.2) is 18.2 Å². The number of anilines is 1. The van der Waals surface area contributed by atoms with E-state index in [4.69, 9.17) is 47.0 Å². The number of halogens is 3. The van der Waals surface area contributed by atoms with E-state index >= 15 is 0 Å². The van der Waals surface area contributed by atoms with E-state index in [0.29, 0.717) is 0 Å². The van der Waals surface area contributed by atoms with Crippen LogP contribution in [-0.4, -0.2) is 21.0 Å². The lowest BCUT2D eigenvalue weighted by atomic mass is 10.1. The quantitative estimate of drug-likeness (QED) is 0.408. The van der Waals surface area contributed by atoms with Gasteiger partial charge in [0, 0.05) is 11.6 Å². The molecular formula is C15H20Cl3N3OS. The summed E-state index contributed by atoms with van der Waals surface area (Å²) < 4.78 is -1.75. The summed E-state index contributed by atoms with van der Waals surface area (Å²) in [5, 5.41) is 8.75. The molecule has 0 radical (unpaired) electrons. The van der Waals surface area contributed by atoms with E-state index in [1.165, 1.54) is 0 Å². The molecule has 8 heteroatoms. The Morgan fingerprint density at radius 2 is 1.78 bits per heavy atom. The molecule has 0 aromatic heterocycles. The van der Waals surface area contributed by atoms with Crippen LogP contribution in [0.4, 0.5) is 5.69 Å². The van der Waals surface area contributed by atoms with Crippen LogP contribution in [0.1, 0.15) is 25.0 Å². The molecule has 0 saturated heterocycles. The Morgan fingerprint density at radius 1 is 1.17 bits per heavy atom. The summed E-state index contributed by atoms with van der Waals surface area (Å²) in [5.41, 5.74) is 2.96. The number of rotatable bonds is 4. The Balaban J connectivity index is 2.81. The first-order chi connectivity index (χ1) is 10.5. The summed E-state index contributed by atoms with van der Waals surface area (Å²) in [6.07, 6.45) is -0.951. The van der Waals surface area contributed by atoms with Gasteiger partial charge in [0.15, 0.2) is 5.11 Å². The fraction of sp³-hybridized carbons (Fsp3) is 0.467. The lowest BCUT2D eigenvalue weighted by Crippen LogP contribution is -2.56. The monoisotopic (exact) mass is 395 g/mol. The van der Waals surface area contributed by atoms with Crippen molar-refractivity contribution >= 4 is 63.7 Å². The average Bonchev–Trinajstić information content (AvgIpc) is 2.40. The van der Waals surface area contributed by atoms with Crippen molar-refractivity contribution in [3.8, 4) is 0 Å². The maximum atomic E-state index is 11.8. The number of carbonyl (C=O) groups excluding carboxylic acids is 1. The zero-order valence-corrected chi connectivity index (χ0v) is 16.4. The van der Waals surface area contributed by atoms with Crippen LogP contribution in [0.3, 0.4) is 0 Å². The maximum absolute atomic E-state index is 11.8. The zero-order valence-electron chi connectivity index (χ0n) is 13.3. The molecule has 0 fully saturated rings. The molecule has 1 rings (SSSR count). The molecule has 1 aromatic carbocycles. The standard InChI is InChI=1S/C15H20Cl3N3OS/c1-8(2)12(22)20-13(15(16,17)18)21-14(23)19-11-7-9(3)5-6-10(11)4/h5-8,13H,1-4H3,(H,20,22)(H2,19,21,23)/t13-/m0/s1. The van der Waals surface area contributed by atoms with Crippen LogP contribution in [0, 0.1) is 19.8 Å². The summed E-state index contributed by atoms with van der Waals surface area (Å²) in [4.78, 5) is 11.8. The van der Waals surface area contributed by atoms with Gasteiger partial charge in [-0.15, -0.1) is 0 Å². The summed E-state index contributed by atoms with van der Waals surface area (Å²) in [6, 6.07) is 5.94.